The standard InChI is InChI=1S/C9H13NO3S2/c1-5(2)3-6(8(12)13)10-7(11)4-15-9(10)14/h5-6H,3-4H2,1-2H3,(H,12,13)/t6-/m0/s1. The summed E-state index contributed by atoms with van der Waals surface area (Å²) >= 11 is 6.20. The molecular weight excluding hydrogens is 234 g/mol. The highest BCUT2D eigenvalue weighted by atomic mass is 32.2. The van der Waals surface area contributed by atoms with E-state index in [0.29, 0.717) is 10.7 Å². The fourth-order valence-electron chi connectivity index (χ4n) is 1.43. The van der Waals surface area contributed by atoms with E-state index in [2.05, 4.69) is 0 Å². The largest absolute Gasteiger partial charge is 0.480 e. The number of carbonyl (C=O) groups is 2. The van der Waals surface area contributed by atoms with E-state index in [9.17, 15) is 9.59 Å². The Morgan fingerprint density at radius 2 is 2.27 bits per heavy atom. The Balaban J connectivity index is 2.83. The van der Waals surface area contributed by atoms with Crippen molar-refractivity contribution in [1.29, 1.82) is 0 Å². The molecule has 1 atom stereocenters. The smallest absolute Gasteiger partial charge is 0.326 e. The van der Waals surface area contributed by atoms with E-state index in [4.69, 9.17) is 17.3 Å². The Hall–Kier alpha value is -0.620. The highest BCUT2D eigenvalue weighted by molar-refractivity contribution is 8.23. The highest BCUT2D eigenvalue weighted by Crippen LogP contribution is 2.24. The van der Waals surface area contributed by atoms with Gasteiger partial charge in [0.05, 0.1) is 5.75 Å². The van der Waals surface area contributed by atoms with Crippen molar-refractivity contribution in [2.45, 2.75) is 26.3 Å². The molecule has 0 saturated carbocycles. The van der Waals surface area contributed by atoms with Gasteiger partial charge < -0.3 is 5.11 Å². The van der Waals surface area contributed by atoms with E-state index in [0.717, 1.165) is 0 Å². The number of carboxylic acids is 1. The molecule has 1 aliphatic heterocycles. The molecule has 1 amide bonds. The van der Waals surface area contributed by atoms with Crippen LogP contribution in [0.15, 0.2) is 0 Å². The van der Waals surface area contributed by atoms with E-state index >= 15 is 0 Å². The lowest BCUT2D eigenvalue weighted by Gasteiger charge is -2.24. The summed E-state index contributed by atoms with van der Waals surface area (Å²) in [6.07, 6.45) is 0.432. The van der Waals surface area contributed by atoms with Crippen LogP contribution in [0.3, 0.4) is 0 Å². The van der Waals surface area contributed by atoms with Crippen molar-refractivity contribution >= 4 is 40.2 Å². The summed E-state index contributed by atoms with van der Waals surface area (Å²) in [5, 5.41) is 9.06. The molecule has 0 aromatic heterocycles. The van der Waals surface area contributed by atoms with Crippen LogP contribution in [0.1, 0.15) is 20.3 Å². The molecule has 1 heterocycles. The molecule has 0 aromatic carbocycles. The number of hydrogen-bond acceptors (Lipinski definition) is 4. The van der Waals surface area contributed by atoms with Crippen molar-refractivity contribution in [2.24, 2.45) is 5.92 Å². The number of hydrogen-bond donors (Lipinski definition) is 1. The minimum Gasteiger partial charge on any atom is -0.480 e. The van der Waals surface area contributed by atoms with Crippen LogP contribution in [0, 0.1) is 5.92 Å². The first-order chi connectivity index (χ1) is 6.93. The molecule has 0 bridgehead atoms. The van der Waals surface area contributed by atoms with Crippen LogP contribution in [0.4, 0.5) is 0 Å². The molecule has 0 aromatic rings. The van der Waals surface area contributed by atoms with Crippen LogP contribution in [-0.4, -0.2) is 38.0 Å². The average Bonchev–Trinajstić information content (AvgIpc) is 2.42. The number of aliphatic carboxylic acids is 1. The van der Waals surface area contributed by atoms with Crippen molar-refractivity contribution < 1.29 is 14.7 Å². The predicted octanol–water partition coefficient (Wildman–Crippen LogP) is 1.35. The summed E-state index contributed by atoms with van der Waals surface area (Å²) in [5.41, 5.74) is 0. The lowest BCUT2D eigenvalue weighted by Crippen LogP contribution is -2.44. The first-order valence-electron chi connectivity index (χ1n) is 4.65. The first-order valence-corrected chi connectivity index (χ1v) is 6.04. The second-order valence-electron chi connectivity index (χ2n) is 3.80. The number of thioether (sulfide) groups is 1. The normalized spacial score (nSPS) is 18.7. The van der Waals surface area contributed by atoms with Crippen LogP contribution in [0.5, 0.6) is 0 Å². The molecular formula is C9H13NO3S2. The number of rotatable bonds is 4. The maximum atomic E-state index is 11.5. The summed E-state index contributed by atoms with van der Waals surface area (Å²) in [7, 11) is 0. The molecule has 15 heavy (non-hydrogen) atoms. The third kappa shape index (κ3) is 2.92. The summed E-state index contributed by atoms with van der Waals surface area (Å²) < 4.78 is 0.382. The van der Waals surface area contributed by atoms with Gasteiger partial charge >= 0.3 is 5.97 Å². The molecule has 0 unspecified atom stereocenters. The molecule has 1 aliphatic rings. The Morgan fingerprint density at radius 3 is 2.60 bits per heavy atom. The molecule has 1 saturated heterocycles. The maximum Gasteiger partial charge on any atom is 0.326 e. The molecule has 6 heteroatoms. The van der Waals surface area contributed by atoms with Crippen molar-refractivity contribution in [3.8, 4) is 0 Å². The Bertz CT molecular complexity index is 288. The third-order valence-electron chi connectivity index (χ3n) is 2.08. The van der Waals surface area contributed by atoms with Gasteiger partial charge in [-0.1, -0.05) is 37.8 Å². The topological polar surface area (TPSA) is 57.6 Å². The number of carboxylic acid groups (broad SMARTS) is 1. The lowest BCUT2D eigenvalue weighted by atomic mass is 10.0. The van der Waals surface area contributed by atoms with Crippen LogP contribution in [-0.2, 0) is 9.59 Å². The second-order valence-corrected chi connectivity index (χ2v) is 5.41. The van der Waals surface area contributed by atoms with Gasteiger partial charge in [-0.05, 0) is 12.3 Å². The lowest BCUT2D eigenvalue weighted by molar-refractivity contribution is -0.146. The van der Waals surface area contributed by atoms with Gasteiger partial charge in [-0.25, -0.2) is 4.79 Å². The third-order valence-corrected chi connectivity index (χ3v) is 3.46. The van der Waals surface area contributed by atoms with Gasteiger partial charge in [-0.2, -0.15) is 0 Å². The number of thiocarbonyl (C=S) groups is 1. The summed E-state index contributed by atoms with van der Waals surface area (Å²) in [6, 6.07) is -0.806. The van der Waals surface area contributed by atoms with E-state index < -0.39 is 12.0 Å². The van der Waals surface area contributed by atoms with Gasteiger partial charge in [0.15, 0.2) is 0 Å². The summed E-state index contributed by atoms with van der Waals surface area (Å²) in [5.74, 6) is -0.701. The highest BCUT2D eigenvalue weighted by Gasteiger charge is 2.37. The Kier molecular flexibility index (Phi) is 4.10. The van der Waals surface area contributed by atoms with Gasteiger partial charge in [-0.15, -0.1) is 0 Å². The minimum absolute atomic E-state index is 0.196. The van der Waals surface area contributed by atoms with Crippen LogP contribution < -0.4 is 0 Å². The number of nitrogens with zero attached hydrogens (tertiary/aromatic N) is 1. The second kappa shape index (κ2) is 4.94. The average molecular weight is 247 g/mol. The molecule has 0 spiro atoms. The Morgan fingerprint density at radius 1 is 1.67 bits per heavy atom. The molecule has 1 N–H and O–H groups in total. The van der Waals surface area contributed by atoms with Gasteiger partial charge in [0, 0.05) is 0 Å². The molecule has 0 aliphatic carbocycles. The fraction of sp³-hybridized carbons (Fsp3) is 0.667. The molecule has 0 radical (unpaired) electrons. The molecule has 4 nitrogen and oxygen atoms in total. The van der Waals surface area contributed by atoms with Crippen LogP contribution in [0.25, 0.3) is 0 Å². The first kappa shape index (κ1) is 12.4. The summed E-state index contributed by atoms with van der Waals surface area (Å²) in [4.78, 5) is 23.8. The molecule has 84 valence electrons. The van der Waals surface area contributed by atoms with Crippen molar-refractivity contribution in [3.63, 3.8) is 0 Å². The maximum absolute atomic E-state index is 11.5. The van der Waals surface area contributed by atoms with Gasteiger partial charge in [0.2, 0.25) is 5.91 Å². The van der Waals surface area contributed by atoms with Gasteiger partial charge in [0.1, 0.15) is 10.4 Å². The van der Waals surface area contributed by atoms with Crippen LogP contribution in [0.2, 0.25) is 0 Å². The van der Waals surface area contributed by atoms with E-state index in [1.807, 2.05) is 13.8 Å². The molecule has 1 rings (SSSR count). The monoisotopic (exact) mass is 247 g/mol. The van der Waals surface area contributed by atoms with Crippen molar-refractivity contribution in [2.75, 3.05) is 5.75 Å². The number of amides is 1. The SMILES string of the molecule is CC(C)C[C@@H](C(=O)O)N1C(=O)CSC1=S. The van der Waals surface area contributed by atoms with E-state index in [1.54, 1.807) is 0 Å². The zero-order valence-electron chi connectivity index (χ0n) is 8.60. The van der Waals surface area contributed by atoms with Crippen LogP contribution >= 0.6 is 24.0 Å². The zero-order chi connectivity index (χ0) is 11.6. The fourth-order valence-corrected chi connectivity index (χ4v) is 2.59. The van der Waals surface area contributed by atoms with Crippen molar-refractivity contribution in [3.05, 3.63) is 0 Å². The molecule has 1 fully saturated rings. The predicted molar refractivity (Wildman–Crippen MR) is 62.8 cm³/mol. The minimum atomic E-state index is -0.984. The number of carbonyl (C=O) groups excluding carboxylic acids is 1. The van der Waals surface area contributed by atoms with E-state index in [1.165, 1.54) is 16.7 Å². The quantitative estimate of drug-likeness (QED) is 0.760. The van der Waals surface area contributed by atoms with Crippen molar-refractivity contribution in [1.82, 2.24) is 4.90 Å². The van der Waals surface area contributed by atoms with Gasteiger partial charge in [0.25, 0.3) is 0 Å². The zero-order valence-corrected chi connectivity index (χ0v) is 10.2. The van der Waals surface area contributed by atoms with Gasteiger partial charge in [-0.3, -0.25) is 9.69 Å². The summed E-state index contributed by atoms with van der Waals surface area (Å²) in [6.45, 7) is 3.85. The van der Waals surface area contributed by atoms with E-state index in [-0.39, 0.29) is 17.6 Å². The Labute approximate surface area is 98.0 Å².